The number of aromatic nitrogens is 2. The van der Waals surface area contributed by atoms with Crippen LogP contribution < -0.4 is 15.0 Å². The molecular weight excluding hydrogens is 665 g/mol. The van der Waals surface area contributed by atoms with Gasteiger partial charge in [-0.05, 0) is 57.9 Å². The molecule has 0 atom stereocenters. The van der Waals surface area contributed by atoms with Crippen LogP contribution in [0.25, 0.3) is 10.9 Å². The summed E-state index contributed by atoms with van der Waals surface area (Å²) in [6, 6.07) is 15.0. The second-order valence-electron chi connectivity index (χ2n) is 7.44. The molecule has 1 aromatic heterocycles. The highest BCUT2D eigenvalue weighted by atomic mass is 79.9. The molecule has 0 N–H and O–H groups in total. The van der Waals surface area contributed by atoms with Crippen LogP contribution in [0.15, 0.2) is 71.8 Å². The van der Waals surface area contributed by atoms with Gasteiger partial charge >= 0.3 is 0 Å². The Kier molecular flexibility index (Phi) is 8.31. The van der Waals surface area contributed by atoms with Gasteiger partial charge in [0.25, 0.3) is 5.56 Å². The van der Waals surface area contributed by atoms with Crippen molar-refractivity contribution in [3.8, 4) is 11.5 Å². The predicted octanol–water partition coefficient (Wildman–Crippen LogP) is 7.37. The molecule has 0 amide bonds. The summed E-state index contributed by atoms with van der Waals surface area (Å²) in [5.41, 5.74) is 1.97. The molecule has 0 saturated heterocycles. The zero-order chi connectivity index (χ0) is 25.1. The summed E-state index contributed by atoms with van der Waals surface area (Å²) < 4.78 is 15.2. The van der Waals surface area contributed by atoms with Gasteiger partial charge in [0.05, 0.1) is 24.2 Å². The number of methoxy groups -OCH3 is 1. The third kappa shape index (κ3) is 5.63. The van der Waals surface area contributed by atoms with Gasteiger partial charge in [-0.3, -0.25) is 4.79 Å². The molecule has 1 heterocycles. The predicted molar refractivity (Wildman–Crippen MR) is 150 cm³/mol. The lowest BCUT2D eigenvalue weighted by atomic mass is 10.2. The van der Waals surface area contributed by atoms with Crippen LogP contribution in [0.5, 0.6) is 11.5 Å². The van der Waals surface area contributed by atoms with Crippen molar-refractivity contribution in [2.45, 2.75) is 20.0 Å². The SMILES string of the molecule is CCc1nc2ccc(Br)cc2c(=O)n1N=Cc1cc(OC)c(OCc2ccc(Br)cc2)c(Cl)c1Br. The largest absolute Gasteiger partial charge is 0.493 e. The summed E-state index contributed by atoms with van der Waals surface area (Å²) in [5.74, 6) is 1.40. The Bertz CT molecular complexity index is 1490. The first kappa shape index (κ1) is 25.9. The molecule has 0 spiro atoms. The van der Waals surface area contributed by atoms with E-state index in [2.05, 4.69) is 57.9 Å². The van der Waals surface area contributed by atoms with Crippen molar-refractivity contribution < 1.29 is 9.47 Å². The van der Waals surface area contributed by atoms with E-state index in [1.165, 1.54) is 11.8 Å². The van der Waals surface area contributed by atoms with Gasteiger partial charge in [-0.25, -0.2) is 4.98 Å². The van der Waals surface area contributed by atoms with Gasteiger partial charge < -0.3 is 9.47 Å². The van der Waals surface area contributed by atoms with Crippen LogP contribution in [0, 0.1) is 0 Å². The maximum Gasteiger partial charge on any atom is 0.282 e. The molecule has 0 aliphatic heterocycles. The van der Waals surface area contributed by atoms with Gasteiger partial charge in [0, 0.05) is 25.4 Å². The maximum absolute atomic E-state index is 13.2. The summed E-state index contributed by atoms with van der Waals surface area (Å²) in [5, 5.41) is 5.26. The van der Waals surface area contributed by atoms with Gasteiger partial charge in [0.1, 0.15) is 17.5 Å². The molecule has 10 heteroatoms. The minimum absolute atomic E-state index is 0.256. The molecule has 0 bridgehead atoms. The monoisotopic (exact) mass is 681 g/mol. The van der Waals surface area contributed by atoms with Crippen LogP contribution in [0.1, 0.15) is 23.9 Å². The van der Waals surface area contributed by atoms with Crippen molar-refractivity contribution in [1.82, 2.24) is 9.66 Å². The molecule has 0 unspecified atom stereocenters. The second-order valence-corrected chi connectivity index (χ2v) is 10.4. The van der Waals surface area contributed by atoms with E-state index in [0.29, 0.717) is 56.3 Å². The smallest absolute Gasteiger partial charge is 0.282 e. The normalized spacial score (nSPS) is 11.4. The Balaban J connectivity index is 1.70. The van der Waals surface area contributed by atoms with Crippen LogP contribution in [-0.2, 0) is 13.0 Å². The van der Waals surface area contributed by atoms with E-state index in [9.17, 15) is 4.79 Å². The number of hydrogen-bond acceptors (Lipinski definition) is 5. The molecule has 35 heavy (non-hydrogen) atoms. The number of ether oxygens (including phenoxy) is 2. The van der Waals surface area contributed by atoms with E-state index in [-0.39, 0.29) is 5.56 Å². The van der Waals surface area contributed by atoms with Crippen LogP contribution in [-0.4, -0.2) is 23.0 Å². The van der Waals surface area contributed by atoms with E-state index < -0.39 is 0 Å². The molecule has 3 aromatic carbocycles. The molecule has 0 radical (unpaired) electrons. The van der Waals surface area contributed by atoms with Gasteiger partial charge in [-0.15, -0.1) is 0 Å². The number of aryl methyl sites for hydroxylation is 1. The van der Waals surface area contributed by atoms with Gasteiger partial charge in [0.15, 0.2) is 11.5 Å². The van der Waals surface area contributed by atoms with E-state index in [4.69, 9.17) is 21.1 Å². The van der Waals surface area contributed by atoms with Crippen molar-refractivity contribution in [2.24, 2.45) is 5.10 Å². The maximum atomic E-state index is 13.2. The molecule has 180 valence electrons. The first-order valence-corrected chi connectivity index (χ1v) is 13.3. The van der Waals surface area contributed by atoms with Crippen molar-refractivity contribution in [2.75, 3.05) is 7.11 Å². The number of benzene rings is 3. The van der Waals surface area contributed by atoms with Crippen molar-refractivity contribution in [1.29, 1.82) is 0 Å². The summed E-state index contributed by atoms with van der Waals surface area (Å²) in [4.78, 5) is 17.8. The fraction of sp³-hybridized carbons (Fsp3) is 0.160. The van der Waals surface area contributed by atoms with E-state index in [0.717, 1.165) is 14.5 Å². The third-order valence-electron chi connectivity index (χ3n) is 5.18. The lowest BCUT2D eigenvalue weighted by Crippen LogP contribution is -2.22. The summed E-state index contributed by atoms with van der Waals surface area (Å²) in [6.07, 6.45) is 2.08. The molecule has 0 saturated carbocycles. The standard InChI is InChI=1S/C25H19Br3ClN3O3/c1-3-21-31-19-9-8-17(27)11-18(19)25(33)32(21)30-12-15-10-20(34-2)24(23(29)22(15)28)35-13-14-4-6-16(26)7-5-14/h4-12H,3,13H2,1-2H3. The van der Waals surface area contributed by atoms with E-state index in [1.54, 1.807) is 18.3 Å². The zero-order valence-corrected chi connectivity index (χ0v) is 24.2. The van der Waals surface area contributed by atoms with Crippen molar-refractivity contribution in [3.05, 3.63) is 94.3 Å². The molecular formula is C25H19Br3ClN3O3. The number of halogens is 4. The Morgan fingerprint density at radius 1 is 1.09 bits per heavy atom. The minimum atomic E-state index is -0.256. The van der Waals surface area contributed by atoms with Crippen LogP contribution in [0.2, 0.25) is 5.02 Å². The van der Waals surface area contributed by atoms with Crippen LogP contribution in [0.4, 0.5) is 0 Å². The molecule has 4 aromatic rings. The number of hydrogen-bond donors (Lipinski definition) is 0. The Hall–Kier alpha value is -2.20. The van der Waals surface area contributed by atoms with Gasteiger partial charge in [0.2, 0.25) is 0 Å². The molecule has 0 aliphatic rings. The first-order valence-electron chi connectivity index (χ1n) is 10.5. The lowest BCUT2D eigenvalue weighted by Gasteiger charge is -2.15. The average Bonchev–Trinajstić information content (AvgIpc) is 2.86. The molecule has 4 rings (SSSR count). The van der Waals surface area contributed by atoms with E-state index >= 15 is 0 Å². The summed E-state index contributed by atoms with van der Waals surface area (Å²) in [7, 11) is 1.54. The highest BCUT2D eigenvalue weighted by molar-refractivity contribution is 9.11. The van der Waals surface area contributed by atoms with Gasteiger partial charge in [-0.1, -0.05) is 62.5 Å². The van der Waals surface area contributed by atoms with Crippen LogP contribution >= 0.6 is 59.4 Å². The number of nitrogens with zero attached hydrogens (tertiary/aromatic N) is 3. The summed E-state index contributed by atoms with van der Waals surface area (Å²) >= 11 is 17.0. The van der Waals surface area contributed by atoms with Gasteiger partial charge in [-0.2, -0.15) is 9.78 Å². The van der Waals surface area contributed by atoms with Crippen molar-refractivity contribution >= 4 is 76.5 Å². The fourth-order valence-electron chi connectivity index (χ4n) is 3.38. The first-order chi connectivity index (χ1) is 16.8. The van der Waals surface area contributed by atoms with Crippen molar-refractivity contribution in [3.63, 3.8) is 0 Å². The Labute approximate surface area is 232 Å². The lowest BCUT2D eigenvalue weighted by molar-refractivity contribution is 0.284. The highest BCUT2D eigenvalue weighted by Crippen LogP contribution is 2.42. The Morgan fingerprint density at radius 3 is 2.49 bits per heavy atom. The molecule has 0 fully saturated rings. The number of fused-ring (bicyclic) bond motifs is 1. The second kappa shape index (κ2) is 11.2. The number of rotatable bonds is 7. The highest BCUT2D eigenvalue weighted by Gasteiger charge is 2.18. The van der Waals surface area contributed by atoms with Crippen LogP contribution in [0.3, 0.4) is 0 Å². The fourth-order valence-corrected chi connectivity index (χ4v) is 4.66. The summed E-state index contributed by atoms with van der Waals surface area (Å²) in [6.45, 7) is 2.24. The Morgan fingerprint density at radius 2 is 1.80 bits per heavy atom. The zero-order valence-electron chi connectivity index (χ0n) is 18.7. The minimum Gasteiger partial charge on any atom is -0.493 e. The molecule has 6 nitrogen and oxygen atoms in total. The topological polar surface area (TPSA) is 65.7 Å². The average molecular weight is 685 g/mol. The third-order valence-corrected chi connectivity index (χ3v) is 7.64. The molecule has 0 aliphatic carbocycles. The van der Waals surface area contributed by atoms with E-state index in [1.807, 2.05) is 43.3 Å². The quantitative estimate of drug-likeness (QED) is 0.191.